The van der Waals surface area contributed by atoms with E-state index in [2.05, 4.69) is 5.32 Å². The van der Waals surface area contributed by atoms with Gasteiger partial charge in [-0.3, -0.25) is 0 Å². The van der Waals surface area contributed by atoms with Gasteiger partial charge in [0.1, 0.15) is 11.6 Å². The topological polar surface area (TPSA) is 37.8 Å². The Hall–Kier alpha value is -2.75. The maximum atomic E-state index is 13.3. The van der Waals surface area contributed by atoms with Crippen molar-refractivity contribution in [3.63, 3.8) is 0 Å². The number of rotatable bonds is 4. The summed E-state index contributed by atoms with van der Waals surface area (Å²) in [6, 6.07) is 18.8. The van der Waals surface area contributed by atoms with E-state index < -0.39 is 0 Å². The molecule has 0 amide bonds. The summed E-state index contributed by atoms with van der Waals surface area (Å²) in [5.74, 6) is 1.28. The molecule has 4 rings (SSSR count). The molecule has 0 saturated heterocycles. The molecule has 132 valence electrons. The number of benzene rings is 2. The van der Waals surface area contributed by atoms with E-state index in [4.69, 9.17) is 9.97 Å². The Morgan fingerprint density at radius 2 is 1.54 bits per heavy atom. The molecule has 1 saturated carbocycles. The third-order valence-corrected chi connectivity index (χ3v) is 4.86. The first-order chi connectivity index (χ1) is 12.8. The van der Waals surface area contributed by atoms with Crippen LogP contribution in [-0.2, 0) is 0 Å². The Bertz CT molecular complexity index is 856. The smallest absolute Gasteiger partial charge is 0.162 e. The van der Waals surface area contributed by atoms with Gasteiger partial charge in [0.25, 0.3) is 0 Å². The molecule has 1 heterocycles. The van der Waals surface area contributed by atoms with Crippen molar-refractivity contribution in [1.29, 1.82) is 0 Å². The number of halogens is 1. The minimum atomic E-state index is -0.244. The van der Waals surface area contributed by atoms with Crippen LogP contribution in [0.15, 0.2) is 60.7 Å². The van der Waals surface area contributed by atoms with Crippen LogP contribution in [0, 0.1) is 5.82 Å². The molecule has 3 aromatic rings. The normalized spacial score (nSPS) is 15.0. The molecule has 0 bridgehead atoms. The van der Waals surface area contributed by atoms with E-state index >= 15 is 0 Å². The van der Waals surface area contributed by atoms with Crippen LogP contribution < -0.4 is 5.32 Å². The second-order valence-electron chi connectivity index (χ2n) is 6.81. The van der Waals surface area contributed by atoms with Gasteiger partial charge in [-0.05, 0) is 37.1 Å². The average Bonchev–Trinajstić information content (AvgIpc) is 2.70. The predicted molar refractivity (Wildman–Crippen MR) is 103 cm³/mol. The van der Waals surface area contributed by atoms with Gasteiger partial charge in [-0.15, -0.1) is 0 Å². The summed E-state index contributed by atoms with van der Waals surface area (Å²) in [7, 11) is 0. The second-order valence-corrected chi connectivity index (χ2v) is 6.81. The van der Waals surface area contributed by atoms with Gasteiger partial charge < -0.3 is 5.32 Å². The lowest BCUT2D eigenvalue weighted by Crippen LogP contribution is -2.23. The molecule has 26 heavy (non-hydrogen) atoms. The maximum absolute atomic E-state index is 13.3. The van der Waals surface area contributed by atoms with Crippen LogP contribution in [-0.4, -0.2) is 16.0 Å². The lowest BCUT2D eigenvalue weighted by molar-refractivity contribution is 0.462. The first kappa shape index (κ1) is 16.7. The van der Waals surface area contributed by atoms with Crippen LogP contribution >= 0.6 is 0 Å². The van der Waals surface area contributed by atoms with Crippen LogP contribution in [0.5, 0.6) is 0 Å². The fraction of sp³-hybridized carbons (Fsp3) is 0.273. The highest BCUT2D eigenvalue weighted by Crippen LogP contribution is 2.27. The lowest BCUT2D eigenvalue weighted by Gasteiger charge is -2.23. The average molecular weight is 347 g/mol. The van der Waals surface area contributed by atoms with Gasteiger partial charge in [-0.1, -0.05) is 49.6 Å². The van der Waals surface area contributed by atoms with Gasteiger partial charge in [0.2, 0.25) is 0 Å². The largest absolute Gasteiger partial charge is 0.367 e. The molecule has 0 radical (unpaired) electrons. The van der Waals surface area contributed by atoms with E-state index in [1.54, 1.807) is 12.1 Å². The monoisotopic (exact) mass is 347 g/mol. The van der Waals surface area contributed by atoms with E-state index in [9.17, 15) is 4.39 Å². The fourth-order valence-electron chi connectivity index (χ4n) is 3.46. The van der Waals surface area contributed by atoms with Crippen molar-refractivity contribution < 1.29 is 4.39 Å². The molecular formula is C22H22FN3. The number of hydrogen-bond donors (Lipinski definition) is 1. The summed E-state index contributed by atoms with van der Waals surface area (Å²) in [6.07, 6.45) is 6.20. The van der Waals surface area contributed by atoms with Crippen LogP contribution in [0.1, 0.15) is 32.1 Å². The Morgan fingerprint density at radius 3 is 2.27 bits per heavy atom. The molecule has 1 fully saturated rings. The molecule has 0 unspecified atom stereocenters. The van der Waals surface area contributed by atoms with E-state index in [1.165, 1.54) is 44.2 Å². The first-order valence-electron chi connectivity index (χ1n) is 9.25. The number of hydrogen-bond acceptors (Lipinski definition) is 3. The van der Waals surface area contributed by atoms with E-state index in [0.717, 1.165) is 22.6 Å². The minimum Gasteiger partial charge on any atom is -0.367 e. The number of nitrogens with zero attached hydrogens (tertiary/aromatic N) is 2. The molecule has 4 heteroatoms. The second kappa shape index (κ2) is 7.65. The quantitative estimate of drug-likeness (QED) is 0.658. The summed E-state index contributed by atoms with van der Waals surface area (Å²) in [6.45, 7) is 0. The SMILES string of the molecule is Fc1ccc(-c2cc(NC3CCCCC3)nc(-c3ccccc3)n2)cc1. The predicted octanol–water partition coefficient (Wildman–Crippen LogP) is 5.69. The molecule has 1 aliphatic rings. The summed E-state index contributed by atoms with van der Waals surface area (Å²) in [4.78, 5) is 9.47. The maximum Gasteiger partial charge on any atom is 0.162 e. The van der Waals surface area contributed by atoms with Crippen LogP contribution in [0.2, 0.25) is 0 Å². The van der Waals surface area contributed by atoms with Crippen molar-refractivity contribution in [2.75, 3.05) is 5.32 Å². The Kier molecular flexibility index (Phi) is 4.91. The van der Waals surface area contributed by atoms with Gasteiger partial charge in [0, 0.05) is 23.2 Å². The molecule has 2 aromatic carbocycles. The molecule has 0 aliphatic heterocycles. The third kappa shape index (κ3) is 3.90. The fourth-order valence-corrected chi connectivity index (χ4v) is 3.46. The Balaban J connectivity index is 1.72. The van der Waals surface area contributed by atoms with Gasteiger partial charge in [0.15, 0.2) is 5.82 Å². The van der Waals surface area contributed by atoms with Crippen molar-refractivity contribution in [3.05, 3.63) is 66.5 Å². The van der Waals surface area contributed by atoms with Crippen molar-refractivity contribution in [1.82, 2.24) is 9.97 Å². The first-order valence-corrected chi connectivity index (χ1v) is 9.25. The van der Waals surface area contributed by atoms with Gasteiger partial charge in [-0.2, -0.15) is 0 Å². The van der Waals surface area contributed by atoms with Gasteiger partial charge >= 0.3 is 0 Å². The Labute approximate surface area is 153 Å². The summed E-state index contributed by atoms with van der Waals surface area (Å²) in [5, 5.41) is 3.59. The molecule has 1 aliphatic carbocycles. The summed E-state index contributed by atoms with van der Waals surface area (Å²) >= 11 is 0. The van der Waals surface area contributed by atoms with Crippen LogP contribution in [0.25, 0.3) is 22.6 Å². The van der Waals surface area contributed by atoms with Crippen LogP contribution in [0.3, 0.4) is 0 Å². The lowest BCUT2D eigenvalue weighted by atomic mass is 9.95. The number of nitrogens with one attached hydrogen (secondary N) is 1. The zero-order valence-corrected chi connectivity index (χ0v) is 14.7. The summed E-state index contributed by atoms with van der Waals surface area (Å²) in [5.41, 5.74) is 2.66. The van der Waals surface area contributed by atoms with Crippen LogP contribution in [0.4, 0.5) is 10.2 Å². The van der Waals surface area contributed by atoms with Gasteiger partial charge in [0.05, 0.1) is 5.69 Å². The van der Waals surface area contributed by atoms with Crippen molar-refractivity contribution in [2.24, 2.45) is 0 Å². The highest BCUT2D eigenvalue weighted by Gasteiger charge is 2.15. The standard InChI is InChI=1S/C22H22FN3/c23-18-13-11-16(12-14-18)20-15-21(24-19-9-5-2-6-10-19)26-22(25-20)17-7-3-1-4-8-17/h1,3-4,7-8,11-15,19H,2,5-6,9-10H2,(H,24,25,26). The Morgan fingerprint density at radius 1 is 0.808 bits per heavy atom. The zero-order chi connectivity index (χ0) is 17.8. The number of aromatic nitrogens is 2. The third-order valence-electron chi connectivity index (χ3n) is 4.86. The highest BCUT2D eigenvalue weighted by atomic mass is 19.1. The van der Waals surface area contributed by atoms with Crippen molar-refractivity contribution in [2.45, 2.75) is 38.1 Å². The van der Waals surface area contributed by atoms with E-state index in [0.29, 0.717) is 11.9 Å². The molecule has 0 atom stereocenters. The van der Waals surface area contributed by atoms with Gasteiger partial charge in [-0.25, -0.2) is 14.4 Å². The molecule has 3 nitrogen and oxygen atoms in total. The molecule has 0 spiro atoms. The molecule has 1 N–H and O–H groups in total. The van der Waals surface area contributed by atoms with E-state index in [1.807, 2.05) is 36.4 Å². The van der Waals surface area contributed by atoms with Crippen molar-refractivity contribution >= 4 is 5.82 Å². The molecule has 1 aromatic heterocycles. The molecular weight excluding hydrogens is 325 g/mol. The highest BCUT2D eigenvalue weighted by molar-refractivity contribution is 5.67. The van der Waals surface area contributed by atoms with E-state index in [-0.39, 0.29) is 5.82 Å². The minimum absolute atomic E-state index is 0.244. The number of anilines is 1. The van der Waals surface area contributed by atoms with Crippen molar-refractivity contribution in [3.8, 4) is 22.6 Å². The summed E-state index contributed by atoms with van der Waals surface area (Å²) < 4.78 is 13.3. The zero-order valence-electron chi connectivity index (χ0n) is 14.7.